The summed E-state index contributed by atoms with van der Waals surface area (Å²) in [5.41, 5.74) is 6.21. The van der Waals surface area contributed by atoms with Crippen molar-refractivity contribution in [2.45, 2.75) is 33.2 Å². The summed E-state index contributed by atoms with van der Waals surface area (Å²) in [6.07, 6.45) is 2.69. The van der Waals surface area contributed by atoms with Crippen LogP contribution >= 0.6 is 0 Å². The smallest absolute Gasteiger partial charge is 0.339 e. The molecule has 0 saturated carbocycles. The first kappa shape index (κ1) is 13.6. The minimum absolute atomic E-state index is 0.188. The largest absolute Gasteiger partial charge is 0.478 e. The van der Waals surface area contributed by atoms with E-state index in [4.69, 9.17) is 5.73 Å². The quantitative estimate of drug-likeness (QED) is 0.855. The van der Waals surface area contributed by atoms with Gasteiger partial charge in [0.25, 0.3) is 0 Å². The van der Waals surface area contributed by atoms with Gasteiger partial charge in [0.2, 0.25) is 0 Å². The van der Waals surface area contributed by atoms with E-state index in [9.17, 15) is 9.90 Å². The molecular weight excluding hydrogens is 242 g/mol. The van der Waals surface area contributed by atoms with E-state index in [2.05, 4.69) is 30.7 Å². The Morgan fingerprint density at radius 2 is 2.16 bits per heavy atom. The maximum Gasteiger partial charge on any atom is 0.339 e. The Hall–Kier alpha value is -1.78. The van der Waals surface area contributed by atoms with E-state index in [1.54, 1.807) is 0 Å². The van der Waals surface area contributed by atoms with Gasteiger partial charge in [0.1, 0.15) is 11.4 Å². The molecule has 5 nitrogen and oxygen atoms in total. The van der Waals surface area contributed by atoms with Crippen LogP contribution in [0.4, 0.5) is 11.5 Å². The molecule has 104 valence electrons. The standard InChI is InChI=1S/C14H21N3O2/c1-8-4-9(2)10(3)17(7-8)13-12(14(18)19)5-11(15)6-16-13/h5-6,8-10H,4,7,15H2,1-3H3,(H,18,19). The second kappa shape index (κ2) is 5.07. The number of carboxylic acids is 1. The van der Waals surface area contributed by atoms with Gasteiger partial charge in [0.05, 0.1) is 11.9 Å². The van der Waals surface area contributed by atoms with Crippen molar-refractivity contribution >= 4 is 17.5 Å². The number of rotatable bonds is 2. The van der Waals surface area contributed by atoms with Crippen molar-refractivity contribution in [3.05, 3.63) is 17.8 Å². The highest BCUT2D eigenvalue weighted by Crippen LogP contribution is 2.32. The molecule has 2 heterocycles. The molecular formula is C14H21N3O2. The summed E-state index contributed by atoms with van der Waals surface area (Å²) in [4.78, 5) is 17.7. The van der Waals surface area contributed by atoms with Crippen molar-refractivity contribution in [3.63, 3.8) is 0 Å². The molecule has 1 aliphatic rings. The summed E-state index contributed by atoms with van der Waals surface area (Å²) >= 11 is 0. The van der Waals surface area contributed by atoms with E-state index < -0.39 is 5.97 Å². The lowest BCUT2D eigenvalue weighted by Crippen LogP contribution is -2.46. The molecule has 1 aliphatic heterocycles. The van der Waals surface area contributed by atoms with Gasteiger partial charge in [-0.1, -0.05) is 13.8 Å². The molecule has 0 spiro atoms. The Kier molecular flexibility index (Phi) is 3.64. The molecule has 3 N–H and O–H groups in total. The van der Waals surface area contributed by atoms with Gasteiger partial charge in [0.15, 0.2) is 0 Å². The van der Waals surface area contributed by atoms with Crippen molar-refractivity contribution < 1.29 is 9.90 Å². The fourth-order valence-electron chi connectivity index (χ4n) is 2.85. The zero-order valence-corrected chi connectivity index (χ0v) is 11.6. The zero-order chi connectivity index (χ0) is 14.2. The SMILES string of the molecule is CC1CC(C)C(C)N(c2ncc(N)cc2C(=O)O)C1. The minimum Gasteiger partial charge on any atom is -0.478 e. The van der Waals surface area contributed by atoms with Crippen LogP contribution in [0.25, 0.3) is 0 Å². The number of hydrogen-bond donors (Lipinski definition) is 2. The van der Waals surface area contributed by atoms with E-state index in [0.29, 0.717) is 23.3 Å². The lowest BCUT2D eigenvalue weighted by atomic mass is 9.86. The number of carboxylic acid groups (broad SMARTS) is 1. The summed E-state index contributed by atoms with van der Waals surface area (Å²) in [6.45, 7) is 7.35. The van der Waals surface area contributed by atoms with Crippen LogP contribution in [0, 0.1) is 11.8 Å². The molecule has 0 amide bonds. The Balaban J connectivity index is 2.42. The van der Waals surface area contributed by atoms with Gasteiger partial charge in [-0.05, 0) is 31.2 Å². The number of carbonyl (C=O) groups is 1. The molecule has 0 aliphatic carbocycles. The molecule has 2 rings (SSSR count). The summed E-state index contributed by atoms with van der Waals surface area (Å²) < 4.78 is 0. The lowest BCUT2D eigenvalue weighted by Gasteiger charge is -2.42. The fourth-order valence-corrected chi connectivity index (χ4v) is 2.85. The topological polar surface area (TPSA) is 79.5 Å². The molecule has 5 heteroatoms. The normalized spacial score (nSPS) is 27.3. The van der Waals surface area contributed by atoms with E-state index >= 15 is 0 Å². The Morgan fingerprint density at radius 1 is 1.47 bits per heavy atom. The molecule has 19 heavy (non-hydrogen) atoms. The number of pyridine rings is 1. The van der Waals surface area contributed by atoms with Crippen LogP contribution in [-0.4, -0.2) is 28.6 Å². The third kappa shape index (κ3) is 2.64. The number of nitrogen functional groups attached to an aromatic ring is 1. The van der Waals surface area contributed by atoms with Gasteiger partial charge < -0.3 is 15.7 Å². The average Bonchev–Trinajstić information content (AvgIpc) is 2.34. The Morgan fingerprint density at radius 3 is 2.79 bits per heavy atom. The first-order valence-electron chi connectivity index (χ1n) is 6.65. The average molecular weight is 263 g/mol. The molecule has 3 atom stereocenters. The van der Waals surface area contributed by atoms with Crippen LogP contribution in [-0.2, 0) is 0 Å². The zero-order valence-electron chi connectivity index (χ0n) is 11.6. The third-order valence-corrected chi connectivity index (χ3v) is 3.99. The van der Waals surface area contributed by atoms with Crippen LogP contribution in [0.2, 0.25) is 0 Å². The Bertz CT molecular complexity index is 490. The van der Waals surface area contributed by atoms with Crippen molar-refractivity contribution in [3.8, 4) is 0 Å². The summed E-state index contributed by atoms with van der Waals surface area (Å²) in [5, 5.41) is 9.32. The van der Waals surface area contributed by atoms with Crippen LogP contribution in [0.15, 0.2) is 12.3 Å². The number of hydrogen-bond acceptors (Lipinski definition) is 4. The molecule has 1 aromatic heterocycles. The highest BCUT2D eigenvalue weighted by Gasteiger charge is 2.31. The maximum atomic E-state index is 11.4. The van der Waals surface area contributed by atoms with Crippen LogP contribution < -0.4 is 10.6 Å². The van der Waals surface area contributed by atoms with Crippen molar-refractivity contribution in [1.82, 2.24) is 4.98 Å². The van der Waals surface area contributed by atoms with Gasteiger partial charge in [0, 0.05) is 12.6 Å². The second-order valence-electron chi connectivity index (χ2n) is 5.66. The van der Waals surface area contributed by atoms with Crippen molar-refractivity contribution in [2.24, 2.45) is 11.8 Å². The summed E-state index contributed by atoms with van der Waals surface area (Å²) in [7, 11) is 0. The number of nitrogens with zero attached hydrogens (tertiary/aromatic N) is 2. The van der Waals surface area contributed by atoms with Crippen LogP contribution in [0.3, 0.4) is 0 Å². The fraction of sp³-hybridized carbons (Fsp3) is 0.571. The number of aromatic carboxylic acids is 1. The van der Waals surface area contributed by atoms with Gasteiger partial charge in [-0.15, -0.1) is 0 Å². The second-order valence-corrected chi connectivity index (χ2v) is 5.66. The number of piperidine rings is 1. The molecule has 1 fully saturated rings. The van der Waals surface area contributed by atoms with Crippen molar-refractivity contribution in [1.29, 1.82) is 0 Å². The lowest BCUT2D eigenvalue weighted by molar-refractivity contribution is 0.0696. The highest BCUT2D eigenvalue weighted by molar-refractivity contribution is 5.94. The summed E-state index contributed by atoms with van der Waals surface area (Å²) in [6, 6.07) is 1.77. The van der Waals surface area contributed by atoms with Crippen LogP contribution in [0.5, 0.6) is 0 Å². The summed E-state index contributed by atoms with van der Waals surface area (Å²) in [5.74, 6) is 0.609. The number of nitrogens with two attached hydrogens (primary N) is 1. The van der Waals surface area contributed by atoms with Crippen molar-refractivity contribution in [2.75, 3.05) is 17.2 Å². The van der Waals surface area contributed by atoms with E-state index in [1.807, 2.05) is 0 Å². The highest BCUT2D eigenvalue weighted by atomic mass is 16.4. The first-order valence-corrected chi connectivity index (χ1v) is 6.65. The van der Waals surface area contributed by atoms with Gasteiger partial charge in [-0.25, -0.2) is 9.78 Å². The molecule has 3 unspecified atom stereocenters. The van der Waals surface area contributed by atoms with Gasteiger partial charge in [-0.2, -0.15) is 0 Å². The van der Waals surface area contributed by atoms with E-state index in [-0.39, 0.29) is 11.6 Å². The molecule has 0 bridgehead atoms. The number of aromatic nitrogens is 1. The minimum atomic E-state index is -0.979. The molecule has 0 radical (unpaired) electrons. The predicted octanol–water partition coefficient (Wildman–Crippen LogP) is 2.23. The van der Waals surface area contributed by atoms with Gasteiger partial charge >= 0.3 is 5.97 Å². The monoisotopic (exact) mass is 263 g/mol. The van der Waals surface area contributed by atoms with Crippen LogP contribution in [0.1, 0.15) is 37.6 Å². The third-order valence-electron chi connectivity index (χ3n) is 3.99. The molecule has 1 aromatic rings. The van der Waals surface area contributed by atoms with Gasteiger partial charge in [-0.3, -0.25) is 0 Å². The first-order chi connectivity index (χ1) is 8.90. The Labute approximate surface area is 113 Å². The molecule has 1 saturated heterocycles. The van der Waals surface area contributed by atoms with E-state index in [1.165, 1.54) is 12.3 Å². The molecule has 0 aromatic carbocycles. The predicted molar refractivity (Wildman–Crippen MR) is 75.4 cm³/mol. The maximum absolute atomic E-state index is 11.4. The number of anilines is 2. The van der Waals surface area contributed by atoms with E-state index in [0.717, 1.165) is 13.0 Å².